The van der Waals surface area contributed by atoms with Crippen LogP contribution in [0.3, 0.4) is 0 Å². The Labute approximate surface area is 111 Å². The van der Waals surface area contributed by atoms with Crippen LogP contribution in [0, 0.1) is 11.8 Å². The summed E-state index contributed by atoms with van der Waals surface area (Å²) in [5.41, 5.74) is 0.806. The molecule has 0 N–H and O–H groups in total. The summed E-state index contributed by atoms with van der Waals surface area (Å²) >= 11 is 0. The Kier molecular flexibility index (Phi) is 9.84. The van der Waals surface area contributed by atoms with Gasteiger partial charge in [-0.3, -0.25) is 0 Å². The Bertz CT molecular complexity index is 242. The Morgan fingerprint density at radius 1 is 0.824 bits per heavy atom. The molecule has 17 heavy (non-hydrogen) atoms. The molecule has 0 aromatic rings. The van der Waals surface area contributed by atoms with E-state index in [1.807, 2.05) is 6.08 Å². The summed E-state index contributed by atoms with van der Waals surface area (Å²) in [6, 6.07) is 0. The second-order valence-electron chi connectivity index (χ2n) is 4.84. The zero-order valence-electron chi connectivity index (χ0n) is 11.4. The predicted molar refractivity (Wildman–Crippen MR) is 84.5 cm³/mol. The highest BCUT2D eigenvalue weighted by Gasteiger charge is 2.23. The van der Waals surface area contributed by atoms with Crippen molar-refractivity contribution in [1.29, 1.82) is 0 Å². The fourth-order valence-corrected chi connectivity index (χ4v) is 3.72. The Morgan fingerprint density at radius 3 is 1.88 bits per heavy atom. The van der Waals surface area contributed by atoms with Crippen molar-refractivity contribution >= 4 is 10.2 Å². The van der Waals surface area contributed by atoms with Crippen LogP contribution in [0.2, 0.25) is 5.54 Å². The molecule has 1 heteroatoms. The molecular weight excluding hydrogens is 220 g/mol. The van der Waals surface area contributed by atoms with E-state index >= 15 is 0 Å². The smallest absolute Gasteiger partial charge is 0.00750 e. The minimum Gasteiger partial charge on any atom is -0.103 e. The molecule has 0 saturated carbocycles. The fraction of sp³-hybridized carbons (Fsp3) is 0.500. The molecule has 0 aliphatic carbocycles. The molecule has 96 valence electrons. The van der Waals surface area contributed by atoms with E-state index in [0.29, 0.717) is 0 Å². The van der Waals surface area contributed by atoms with Crippen molar-refractivity contribution in [3.05, 3.63) is 50.6 Å². The average Bonchev–Trinajstić information content (AvgIpc) is 2.32. The van der Waals surface area contributed by atoms with E-state index in [1.54, 1.807) is 0 Å². The highest BCUT2D eigenvalue weighted by atomic mass is 28.1. The van der Waals surface area contributed by atoms with Gasteiger partial charge < -0.3 is 0 Å². The van der Waals surface area contributed by atoms with Crippen LogP contribution >= 0.6 is 0 Å². The van der Waals surface area contributed by atoms with Crippen LogP contribution in [-0.2, 0) is 0 Å². The number of rotatable bonds is 11. The van der Waals surface area contributed by atoms with Gasteiger partial charge in [-0.15, -0.1) is 26.3 Å². The first-order valence-electron chi connectivity index (χ1n) is 6.64. The quantitative estimate of drug-likeness (QED) is 0.382. The van der Waals surface area contributed by atoms with Crippen molar-refractivity contribution in [2.75, 3.05) is 0 Å². The molecule has 0 spiro atoms. The molecule has 3 atom stereocenters. The summed E-state index contributed by atoms with van der Waals surface area (Å²) in [5, 5.41) is 0. The van der Waals surface area contributed by atoms with Gasteiger partial charge >= 0.3 is 0 Å². The first-order chi connectivity index (χ1) is 8.21. The van der Waals surface area contributed by atoms with Crippen LogP contribution in [0.15, 0.2) is 50.6 Å². The SMILES string of the molecule is C=CCCC(CC=C)C(CC=C)C([SiH3])CC=C. The zero-order chi connectivity index (χ0) is 13.1. The monoisotopic (exact) mass is 248 g/mol. The molecule has 0 bridgehead atoms. The molecule has 0 rings (SSSR count). The van der Waals surface area contributed by atoms with Crippen LogP contribution < -0.4 is 0 Å². The van der Waals surface area contributed by atoms with Crippen LogP contribution in [0.4, 0.5) is 0 Å². The summed E-state index contributed by atoms with van der Waals surface area (Å²) in [5.74, 6) is 1.47. The first kappa shape index (κ1) is 16.2. The lowest BCUT2D eigenvalue weighted by atomic mass is 9.80. The van der Waals surface area contributed by atoms with Gasteiger partial charge in [0.1, 0.15) is 0 Å². The summed E-state index contributed by atoms with van der Waals surface area (Å²) < 4.78 is 0. The summed E-state index contributed by atoms with van der Waals surface area (Å²) in [6.45, 7) is 15.5. The molecule has 0 radical (unpaired) electrons. The van der Waals surface area contributed by atoms with E-state index < -0.39 is 0 Å². The van der Waals surface area contributed by atoms with Gasteiger partial charge in [-0.1, -0.05) is 24.3 Å². The maximum atomic E-state index is 3.91. The molecule has 0 saturated heterocycles. The highest BCUT2D eigenvalue weighted by molar-refractivity contribution is 6.11. The van der Waals surface area contributed by atoms with Crippen molar-refractivity contribution in [1.82, 2.24) is 0 Å². The molecule has 0 aromatic carbocycles. The van der Waals surface area contributed by atoms with Gasteiger partial charge in [0.15, 0.2) is 0 Å². The predicted octanol–water partition coefficient (Wildman–Crippen LogP) is 4.07. The second kappa shape index (κ2) is 10.3. The van der Waals surface area contributed by atoms with Gasteiger partial charge in [-0.2, -0.15) is 0 Å². The third-order valence-electron chi connectivity index (χ3n) is 3.52. The van der Waals surface area contributed by atoms with E-state index in [0.717, 1.165) is 43.1 Å². The van der Waals surface area contributed by atoms with Gasteiger partial charge in [0.2, 0.25) is 0 Å². The largest absolute Gasteiger partial charge is 0.103 e. The van der Waals surface area contributed by atoms with E-state index in [4.69, 9.17) is 0 Å². The van der Waals surface area contributed by atoms with E-state index in [9.17, 15) is 0 Å². The van der Waals surface area contributed by atoms with Crippen molar-refractivity contribution in [3.63, 3.8) is 0 Å². The maximum Gasteiger partial charge on any atom is 0.00750 e. The lowest BCUT2D eigenvalue weighted by Gasteiger charge is -2.30. The highest BCUT2D eigenvalue weighted by Crippen LogP contribution is 2.35. The molecule has 0 aromatic heterocycles. The molecule has 3 unspecified atom stereocenters. The summed E-state index contributed by atoms with van der Waals surface area (Å²) in [6.07, 6.45) is 13.9. The van der Waals surface area contributed by atoms with Gasteiger partial charge in [-0.25, -0.2) is 0 Å². The van der Waals surface area contributed by atoms with Gasteiger partial charge in [-0.05, 0) is 49.5 Å². The zero-order valence-corrected chi connectivity index (χ0v) is 13.4. The number of hydrogen-bond acceptors (Lipinski definition) is 0. The molecule has 0 aliphatic heterocycles. The molecule has 0 fully saturated rings. The molecule has 0 heterocycles. The van der Waals surface area contributed by atoms with Crippen LogP contribution in [0.25, 0.3) is 0 Å². The summed E-state index contributed by atoms with van der Waals surface area (Å²) in [7, 11) is 1.23. The van der Waals surface area contributed by atoms with E-state index in [1.165, 1.54) is 16.7 Å². The van der Waals surface area contributed by atoms with Crippen molar-refractivity contribution in [3.8, 4) is 0 Å². The fourth-order valence-electron chi connectivity index (χ4n) is 2.57. The van der Waals surface area contributed by atoms with Gasteiger partial charge in [0.05, 0.1) is 0 Å². The Balaban J connectivity index is 4.64. The summed E-state index contributed by atoms with van der Waals surface area (Å²) in [4.78, 5) is 0. The van der Waals surface area contributed by atoms with Gasteiger partial charge in [0, 0.05) is 10.2 Å². The minimum atomic E-state index is 0.728. The van der Waals surface area contributed by atoms with Crippen molar-refractivity contribution < 1.29 is 0 Å². The molecule has 0 nitrogen and oxygen atoms in total. The lowest BCUT2D eigenvalue weighted by Crippen LogP contribution is -2.19. The van der Waals surface area contributed by atoms with Crippen molar-refractivity contribution in [2.45, 2.75) is 37.6 Å². The molecule has 0 aliphatic rings. The number of allylic oxidation sites excluding steroid dienone is 4. The van der Waals surface area contributed by atoms with Crippen LogP contribution in [0.1, 0.15) is 32.1 Å². The Morgan fingerprint density at radius 2 is 1.41 bits per heavy atom. The van der Waals surface area contributed by atoms with Gasteiger partial charge in [0.25, 0.3) is 0 Å². The normalized spacial score (nSPS) is 15.8. The lowest BCUT2D eigenvalue weighted by molar-refractivity contribution is 0.302. The first-order valence-corrected chi connectivity index (χ1v) is 7.80. The topological polar surface area (TPSA) is 0 Å². The second-order valence-corrected chi connectivity index (χ2v) is 6.32. The van der Waals surface area contributed by atoms with Crippen molar-refractivity contribution in [2.24, 2.45) is 11.8 Å². The van der Waals surface area contributed by atoms with Crippen LogP contribution in [0.5, 0.6) is 0 Å². The average molecular weight is 248 g/mol. The standard InChI is InChI=1S/C16H28Si/c1-5-9-13-14(10-6-2)15(11-7-3)16(17)12-8-4/h5-8,14-16H,1-4,9-13H2,17H3. The third-order valence-corrected chi connectivity index (χ3v) is 4.85. The van der Waals surface area contributed by atoms with E-state index in [-0.39, 0.29) is 0 Å². The minimum absolute atomic E-state index is 0.728. The molecular formula is C16H28Si. The number of hydrogen-bond donors (Lipinski definition) is 0. The molecule has 0 amide bonds. The Hall–Kier alpha value is -0.823. The van der Waals surface area contributed by atoms with Crippen LogP contribution in [-0.4, -0.2) is 10.2 Å². The maximum absolute atomic E-state index is 3.91. The van der Waals surface area contributed by atoms with E-state index in [2.05, 4.69) is 44.5 Å². The third kappa shape index (κ3) is 6.47.